The number of carbonyl (C=O) groups is 1. The van der Waals surface area contributed by atoms with E-state index in [1.165, 1.54) is 30.5 Å². The van der Waals surface area contributed by atoms with Crippen LogP contribution in [0.1, 0.15) is 21.5 Å². The predicted octanol–water partition coefficient (Wildman–Crippen LogP) is 9.47. The van der Waals surface area contributed by atoms with Crippen LogP contribution in [0.5, 0.6) is 11.5 Å². The molecule has 0 spiro atoms. The molecule has 5 aromatic rings. The molecule has 0 unspecified atom stereocenters. The molecule has 9 nitrogen and oxygen atoms in total. The monoisotopic (exact) mass is 738 g/mol. The van der Waals surface area contributed by atoms with Gasteiger partial charge in [-0.1, -0.05) is 75.5 Å². The van der Waals surface area contributed by atoms with Crippen LogP contribution in [-0.2, 0) is 16.8 Å². The first-order valence-corrected chi connectivity index (χ1v) is 15.9. The SMILES string of the molecule is O=C(O)c1ccccc1Oc1cccc(-c2cnc(N(Cc3ccc(C(F)(F)P(=O)(O)O)c(Br)c3)c3ccc(Cl)c(Cl)c3)o2)c1. The van der Waals surface area contributed by atoms with Crippen molar-refractivity contribution in [2.45, 2.75) is 12.2 Å². The summed E-state index contributed by atoms with van der Waals surface area (Å²) in [6.45, 7) is 0.00734. The highest BCUT2D eigenvalue weighted by Gasteiger charge is 2.51. The summed E-state index contributed by atoms with van der Waals surface area (Å²) in [7, 11) is -5.78. The minimum atomic E-state index is -5.78. The summed E-state index contributed by atoms with van der Waals surface area (Å²) in [5.41, 5.74) is -3.79. The normalized spacial score (nSPS) is 11.8. The molecule has 45 heavy (non-hydrogen) atoms. The van der Waals surface area contributed by atoms with Crippen molar-refractivity contribution in [3.05, 3.63) is 122 Å². The average Bonchev–Trinajstić information content (AvgIpc) is 3.47. The Kier molecular flexibility index (Phi) is 9.36. The van der Waals surface area contributed by atoms with E-state index in [4.69, 9.17) is 42.1 Å². The van der Waals surface area contributed by atoms with Gasteiger partial charge >= 0.3 is 25.2 Å². The molecule has 0 radical (unpaired) electrons. The van der Waals surface area contributed by atoms with Gasteiger partial charge in [0.15, 0.2) is 5.76 Å². The van der Waals surface area contributed by atoms with Crippen molar-refractivity contribution in [1.29, 1.82) is 0 Å². The van der Waals surface area contributed by atoms with Crippen molar-refractivity contribution in [1.82, 2.24) is 4.98 Å². The summed E-state index contributed by atoms with van der Waals surface area (Å²) in [6.07, 6.45) is 1.46. The largest absolute Gasteiger partial charge is 0.478 e. The summed E-state index contributed by atoms with van der Waals surface area (Å²) < 4.78 is 52.0. The third-order valence-electron chi connectivity index (χ3n) is 6.47. The van der Waals surface area contributed by atoms with E-state index in [1.54, 1.807) is 59.5 Å². The van der Waals surface area contributed by atoms with E-state index < -0.39 is 24.8 Å². The number of rotatable bonds is 10. The van der Waals surface area contributed by atoms with Gasteiger partial charge < -0.3 is 24.0 Å². The summed E-state index contributed by atoms with van der Waals surface area (Å²) in [5, 5.41) is 9.99. The van der Waals surface area contributed by atoms with Crippen LogP contribution in [0.25, 0.3) is 11.3 Å². The summed E-state index contributed by atoms with van der Waals surface area (Å²) in [4.78, 5) is 35.9. The predicted molar refractivity (Wildman–Crippen MR) is 168 cm³/mol. The minimum Gasteiger partial charge on any atom is -0.478 e. The Bertz CT molecular complexity index is 1950. The molecule has 0 amide bonds. The van der Waals surface area contributed by atoms with Crippen LogP contribution < -0.4 is 9.64 Å². The van der Waals surface area contributed by atoms with Gasteiger partial charge in [0.25, 0.3) is 0 Å². The molecule has 1 heterocycles. The first-order chi connectivity index (χ1) is 21.2. The summed E-state index contributed by atoms with van der Waals surface area (Å²) >= 11 is 15.4. The van der Waals surface area contributed by atoms with E-state index >= 15 is 0 Å². The number of anilines is 2. The van der Waals surface area contributed by atoms with Gasteiger partial charge in [-0.25, -0.2) is 9.78 Å². The highest BCUT2D eigenvalue weighted by atomic mass is 79.9. The van der Waals surface area contributed by atoms with E-state index in [0.717, 1.165) is 6.07 Å². The number of oxazole rings is 1. The first kappa shape index (κ1) is 32.6. The molecule has 0 aliphatic rings. The zero-order chi connectivity index (χ0) is 32.5. The van der Waals surface area contributed by atoms with Crippen molar-refractivity contribution in [2.75, 3.05) is 4.90 Å². The number of aromatic nitrogens is 1. The Labute approximate surface area is 272 Å². The number of benzene rings is 4. The maximum absolute atomic E-state index is 14.4. The Hall–Kier alpha value is -3.77. The smallest absolute Gasteiger partial charge is 0.399 e. The second-order valence-corrected chi connectivity index (χ2v) is 12.8. The van der Waals surface area contributed by atoms with Crippen molar-refractivity contribution in [3.63, 3.8) is 0 Å². The number of para-hydroxylation sites is 1. The van der Waals surface area contributed by atoms with Gasteiger partial charge in [0.2, 0.25) is 0 Å². The highest BCUT2D eigenvalue weighted by molar-refractivity contribution is 9.10. The van der Waals surface area contributed by atoms with Crippen LogP contribution in [0.15, 0.2) is 100 Å². The van der Waals surface area contributed by atoms with Crippen LogP contribution in [-0.4, -0.2) is 25.8 Å². The molecule has 1 aromatic heterocycles. The lowest BCUT2D eigenvalue weighted by atomic mass is 10.1. The Morgan fingerprint density at radius 1 is 1.00 bits per heavy atom. The zero-order valence-electron chi connectivity index (χ0n) is 22.6. The van der Waals surface area contributed by atoms with Crippen LogP contribution in [0.3, 0.4) is 0 Å². The second kappa shape index (κ2) is 12.9. The fourth-order valence-corrected chi connectivity index (χ4v) is 5.89. The molecule has 3 N–H and O–H groups in total. The zero-order valence-corrected chi connectivity index (χ0v) is 26.6. The summed E-state index contributed by atoms with van der Waals surface area (Å²) in [5.74, 6) is -0.314. The third-order valence-corrected chi connectivity index (χ3v) is 8.83. The molecule has 0 fully saturated rings. The molecular weight excluding hydrogens is 720 g/mol. The molecular formula is C30H20BrCl2F2N2O7P. The Balaban J connectivity index is 1.48. The molecule has 232 valence electrons. The maximum atomic E-state index is 14.4. The average molecular weight is 740 g/mol. The molecule has 0 aliphatic heterocycles. The third kappa shape index (κ3) is 7.06. The molecule has 15 heteroatoms. The number of aromatic carboxylic acids is 1. The number of carboxylic acid groups (broad SMARTS) is 1. The standard InChI is InChI=1S/C30H20BrCl2F2N2O7P/c31-23-12-17(8-10-22(23)30(34,35)45(40,41)42)16-37(19-9-11-24(32)25(33)14-19)29-36-15-27(44-29)18-4-3-5-20(13-18)43-26-7-2-1-6-21(26)28(38)39/h1-15H,16H2,(H,38,39)(H2,40,41,42). The van der Waals surface area contributed by atoms with Crippen LogP contribution in [0.4, 0.5) is 20.5 Å². The summed E-state index contributed by atoms with van der Waals surface area (Å²) in [6, 6.07) is 21.3. The number of hydrogen-bond acceptors (Lipinski definition) is 6. The van der Waals surface area contributed by atoms with Gasteiger partial charge in [0.05, 0.1) is 22.8 Å². The fraction of sp³-hybridized carbons (Fsp3) is 0.0667. The van der Waals surface area contributed by atoms with Gasteiger partial charge in [0, 0.05) is 21.3 Å². The second-order valence-electron chi connectivity index (χ2n) is 9.52. The first-order valence-electron chi connectivity index (χ1n) is 12.8. The highest BCUT2D eigenvalue weighted by Crippen LogP contribution is 2.60. The van der Waals surface area contributed by atoms with Crippen molar-refractivity contribution >= 4 is 64.4 Å². The Morgan fingerprint density at radius 2 is 1.76 bits per heavy atom. The molecule has 5 rings (SSSR count). The van der Waals surface area contributed by atoms with E-state index in [1.807, 2.05) is 0 Å². The van der Waals surface area contributed by atoms with Crippen molar-refractivity contribution in [2.24, 2.45) is 0 Å². The lowest BCUT2D eigenvalue weighted by Gasteiger charge is -2.23. The fourth-order valence-electron chi connectivity index (χ4n) is 4.26. The van der Waals surface area contributed by atoms with Gasteiger partial charge in [-0.15, -0.1) is 0 Å². The van der Waals surface area contributed by atoms with E-state index in [9.17, 15) is 23.2 Å². The van der Waals surface area contributed by atoms with E-state index in [2.05, 4.69) is 20.9 Å². The van der Waals surface area contributed by atoms with Gasteiger partial charge in [-0.3, -0.25) is 9.46 Å². The number of alkyl halides is 2. The lowest BCUT2D eigenvalue weighted by molar-refractivity contribution is 0.0557. The molecule has 0 atom stereocenters. The lowest BCUT2D eigenvalue weighted by Crippen LogP contribution is -2.18. The van der Waals surface area contributed by atoms with Gasteiger partial charge in [0.1, 0.15) is 17.1 Å². The van der Waals surface area contributed by atoms with Crippen LogP contribution >= 0.6 is 46.7 Å². The minimum absolute atomic E-state index is 0.00718. The topological polar surface area (TPSA) is 133 Å². The van der Waals surface area contributed by atoms with Crippen LogP contribution in [0, 0.1) is 0 Å². The number of nitrogens with zero attached hydrogens (tertiary/aromatic N) is 2. The quantitative estimate of drug-likeness (QED) is 0.120. The molecule has 0 saturated carbocycles. The molecule has 0 bridgehead atoms. The molecule has 0 aliphatic carbocycles. The van der Waals surface area contributed by atoms with Gasteiger partial charge in [-0.2, -0.15) is 8.78 Å². The van der Waals surface area contributed by atoms with Crippen LogP contribution in [0.2, 0.25) is 10.0 Å². The van der Waals surface area contributed by atoms with Gasteiger partial charge in [-0.05, 0) is 54.1 Å². The van der Waals surface area contributed by atoms with E-state index in [0.29, 0.717) is 33.3 Å². The van der Waals surface area contributed by atoms with Crippen molar-refractivity contribution in [3.8, 4) is 22.8 Å². The van der Waals surface area contributed by atoms with Crippen molar-refractivity contribution < 1.29 is 42.2 Å². The number of carboxylic acids is 1. The number of ether oxygens (including phenoxy) is 1. The Morgan fingerprint density at radius 3 is 2.44 bits per heavy atom. The number of hydrogen-bond donors (Lipinski definition) is 3. The number of halogens is 5. The molecule has 0 saturated heterocycles. The molecule has 4 aromatic carbocycles. The van der Waals surface area contributed by atoms with E-state index in [-0.39, 0.29) is 33.4 Å². The maximum Gasteiger partial charge on any atom is 0.399 e.